The highest BCUT2D eigenvalue weighted by Gasteiger charge is 2.47. The van der Waals surface area contributed by atoms with Gasteiger partial charge in [0.2, 0.25) is 0 Å². The van der Waals surface area contributed by atoms with Crippen molar-refractivity contribution in [2.45, 2.75) is 38.6 Å². The Morgan fingerprint density at radius 1 is 1.29 bits per heavy atom. The molecule has 0 aliphatic carbocycles. The van der Waals surface area contributed by atoms with E-state index in [2.05, 4.69) is 0 Å². The fourth-order valence-electron chi connectivity index (χ4n) is 1.97. The molecule has 0 radical (unpaired) electrons. The molecule has 2 amide bonds. The third-order valence-corrected chi connectivity index (χ3v) is 3.97. The largest absolute Gasteiger partial charge is 0.463 e. The van der Waals surface area contributed by atoms with Gasteiger partial charge in [-0.15, -0.1) is 0 Å². The van der Waals surface area contributed by atoms with Crippen molar-refractivity contribution in [1.82, 2.24) is 9.42 Å². The molecule has 0 aromatic heterocycles. The Balaban J connectivity index is 2.15. The summed E-state index contributed by atoms with van der Waals surface area (Å²) >= 11 is 0.948. The molecule has 2 heterocycles. The molecule has 0 aromatic rings. The van der Waals surface area contributed by atoms with E-state index < -0.39 is 23.6 Å². The topological polar surface area (TPSA) is 88.5 Å². The SMILES string of the molecule is CC(C)(C)OC(=O)N1CC2(CSN1C(=O)O)OCCCO2. The van der Waals surface area contributed by atoms with Crippen molar-refractivity contribution < 1.29 is 28.9 Å². The van der Waals surface area contributed by atoms with Crippen molar-refractivity contribution in [3.63, 3.8) is 0 Å². The summed E-state index contributed by atoms with van der Waals surface area (Å²) in [4.78, 5) is 23.5. The second kappa shape index (κ2) is 5.90. The smallest absolute Gasteiger partial charge is 0.437 e. The zero-order valence-electron chi connectivity index (χ0n) is 12.3. The lowest BCUT2D eigenvalue weighted by molar-refractivity contribution is -0.267. The van der Waals surface area contributed by atoms with Crippen LogP contribution in [-0.2, 0) is 14.2 Å². The van der Waals surface area contributed by atoms with Gasteiger partial charge in [-0.3, -0.25) is 0 Å². The van der Waals surface area contributed by atoms with Gasteiger partial charge in [0, 0.05) is 0 Å². The summed E-state index contributed by atoms with van der Waals surface area (Å²) in [5, 5.41) is 10.2. The van der Waals surface area contributed by atoms with Gasteiger partial charge in [0.15, 0.2) is 5.79 Å². The molecule has 2 aliphatic rings. The van der Waals surface area contributed by atoms with E-state index >= 15 is 0 Å². The van der Waals surface area contributed by atoms with Gasteiger partial charge in [-0.25, -0.2) is 9.59 Å². The molecule has 8 nitrogen and oxygen atoms in total. The molecule has 1 spiro atoms. The number of hydrazine groups is 1. The lowest BCUT2D eigenvalue weighted by atomic mass is 10.2. The number of hydrogen-bond acceptors (Lipinski definition) is 6. The standard InChI is InChI=1S/C12H20N2O6S/c1-11(2,3)20-10(17)13-7-12(18-5-4-6-19-12)8-21-14(13)9(15)16/h4-8H2,1-3H3,(H,15,16). The van der Waals surface area contributed by atoms with Crippen molar-refractivity contribution in [1.29, 1.82) is 0 Å². The Bertz CT molecular complexity index is 418. The third-order valence-electron chi connectivity index (χ3n) is 2.80. The van der Waals surface area contributed by atoms with Gasteiger partial charge in [-0.1, -0.05) is 0 Å². The summed E-state index contributed by atoms with van der Waals surface area (Å²) < 4.78 is 17.4. The number of hydrogen-bond donors (Lipinski definition) is 1. The van der Waals surface area contributed by atoms with E-state index in [4.69, 9.17) is 14.2 Å². The van der Waals surface area contributed by atoms with E-state index in [0.29, 0.717) is 19.0 Å². The number of ether oxygens (including phenoxy) is 3. The normalized spacial score (nSPS) is 22.2. The fraction of sp³-hybridized carbons (Fsp3) is 0.833. The van der Waals surface area contributed by atoms with Gasteiger partial charge >= 0.3 is 12.2 Å². The molecule has 2 rings (SSSR count). The first-order chi connectivity index (χ1) is 9.72. The predicted molar refractivity (Wildman–Crippen MR) is 74.5 cm³/mol. The minimum atomic E-state index is -1.24. The Morgan fingerprint density at radius 3 is 2.43 bits per heavy atom. The van der Waals surface area contributed by atoms with Crippen LogP contribution in [-0.4, -0.2) is 63.6 Å². The molecule has 0 atom stereocenters. The van der Waals surface area contributed by atoms with Crippen LogP contribution >= 0.6 is 11.9 Å². The molecule has 0 unspecified atom stereocenters. The van der Waals surface area contributed by atoms with Crippen LogP contribution in [0.3, 0.4) is 0 Å². The van der Waals surface area contributed by atoms with Crippen LogP contribution in [0.1, 0.15) is 27.2 Å². The first-order valence-corrected chi connectivity index (χ1v) is 7.61. The predicted octanol–water partition coefficient (Wildman–Crippen LogP) is 1.91. The van der Waals surface area contributed by atoms with E-state index in [0.717, 1.165) is 27.8 Å². The number of nitrogens with zero attached hydrogens (tertiary/aromatic N) is 2. The van der Waals surface area contributed by atoms with Crippen LogP contribution in [0.2, 0.25) is 0 Å². The minimum Gasteiger partial charge on any atom is -0.463 e. The van der Waals surface area contributed by atoms with Crippen LogP contribution < -0.4 is 0 Å². The molecule has 0 aromatic carbocycles. The number of carbonyl (C=O) groups is 2. The summed E-state index contributed by atoms with van der Waals surface area (Å²) in [7, 11) is 0. The van der Waals surface area contributed by atoms with E-state index in [1.54, 1.807) is 20.8 Å². The number of rotatable bonds is 0. The van der Waals surface area contributed by atoms with E-state index in [1.807, 2.05) is 0 Å². The van der Waals surface area contributed by atoms with E-state index in [-0.39, 0.29) is 6.54 Å². The van der Waals surface area contributed by atoms with Gasteiger partial charge in [-0.2, -0.15) is 9.42 Å². The maximum atomic E-state index is 12.2. The van der Waals surface area contributed by atoms with Gasteiger partial charge in [0.1, 0.15) is 12.1 Å². The van der Waals surface area contributed by atoms with Crippen molar-refractivity contribution in [3.05, 3.63) is 0 Å². The van der Waals surface area contributed by atoms with Gasteiger partial charge < -0.3 is 19.3 Å². The minimum absolute atomic E-state index is 0.0127. The lowest BCUT2D eigenvalue weighted by Crippen LogP contribution is -2.62. The van der Waals surface area contributed by atoms with Crippen molar-refractivity contribution >= 4 is 24.1 Å². The number of carboxylic acid groups (broad SMARTS) is 1. The average molecular weight is 320 g/mol. The molecule has 9 heteroatoms. The average Bonchev–Trinajstić information content (AvgIpc) is 2.37. The van der Waals surface area contributed by atoms with E-state index in [9.17, 15) is 14.7 Å². The molecule has 1 N–H and O–H groups in total. The molecule has 2 saturated heterocycles. The molecule has 21 heavy (non-hydrogen) atoms. The number of amides is 2. The molecule has 2 fully saturated rings. The molecular weight excluding hydrogens is 300 g/mol. The molecule has 0 bridgehead atoms. The Labute approximate surface area is 127 Å². The quantitative estimate of drug-likeness (QED) is 0.682. The van der Waals surface area contributed by atoms with Crippen LogP contribution in [0.5, 0.6) is 0 Å². The van der Waals surface area contributed by atoms with E-state index in [1.165, 1.54) is 0 Å². The van der Waals surface area contributed by atoms with Gasteiger partial charge in [0.25, 0.3) is 0 Å². The zero-order valence-corrected chi connectivity index (χ0v) is 13.1. The highest BCUT2D eigenvalue weighted by Crippen LogP contribution is 2.34. The summed E-state index contributed by atoms with van der Waals surface area (Å²) in [6.07, 6.45) is -1.20. The summed E-state index contributed by atoms with van der Waals surface area (Å²) in [6.45, 7) is 6.19. The van der Waals surface area contributed by atoms with Gasteiger partial charge in [-0.05, 0) is 39.1 Å². The highest BCUT2D eigenvalue weighted by molar-refractivity contribution is 7.97. The maximum Gasteiger partial charge on any atom is 0.437 e. The van der Waals surface area contributed by atoms with Crippen LogP contribution in [0.4, 0.5) is 9.59 Å². The first kappa shape index (κ1) is 16.2. The molecule has 120 valence electrons. The zero-order chi connectivity index (χ0) is 15.7. The third kappa shape index (κ3) is 3.92. The highest BCUT2D eigenvalue weighted by atomic mass is 32.2. The van der Waals surface area contributed by atoms with Gasteiger partial charge in [0.05, 0.1) is 19.0 Å². The molecule has 2 aliphatic heterocycles. The molecular formula is C12H20N2O6S. The van der Waals surface area contributed by atoms with Crippen molar-refractivity contribution in [2.24, 2.45) is 0 Å². The summed E-state index contributed by atoms with van der Waals surface area (Å²) in [5.74, 6) is -0.662. The van der Waals surface area contributed by atoms with Crippen LogP contribution in [0.25, 0.3) is 0 Å². The Kier molecular flexibility index (Phi) is 4.54. The second-order valence-electron chi connectivity index (χ2n) is 5.83. The maximum absolute atomic E-state index is 12.2. The Hall–Kier alpha value is -1.19. The summed E-state index contributed by atoms with van der Waals surface area (Å²) in [5.41, 5.74) is -0.717. The fourth-order valence-corrected chi connectivity index (χ4v) is 2.92. The van der Waals surface area contributed by atoms with Crippen LogP contribution in [0.15, 0.2) is 0 Å². The molecule has 0 saturated carbocycles. The second-order valence-corrected chi connectivity index (χ2v) is 6.72. The number of carbonyl (C=O) groups excluding carboxylic acids is 1. The van der Waals surface area contributed by atoms with Crippen molar-refractivity contribution in [3.8, 4) is 0 Å². The monoisotopic (exact) mass is 320 g/mol. The lowest BCUT2D eigenvalue weighted by Gasteiger charge is -2.46. The van der Waals surface area contributed by atoms with Crippen LogP contribution in [0, 0.1) is 0 Å². The van der Waals surface area contributed by atoms with Crippen molar-refractivity contribution in [2.75, 3.05) is 25.5 Å². The Morgan fingerprint density at radius 2 is 1.90 bits per heavy atom. The first-order valence-electron chi connectivity index (χ1n) is 6.67. The summed E-state index contributed by atoms with van der Waals surface area (Å²) in [6, 6.07) is 0.